The first-order valence-corrected chi connectivity index (χ1v) is 9.22. The molecule has 2 aromatic carbocycles. The lowest BCUT2D eigenvalue weighted by molar-refractivity contribution is -0.909. The number of ether oxygens (including phenoxy) is 1. The molecule has 1 amide bonds. The summed E-state index contributed by atoms with van der Waals surface area (Å²) < 4.78 is 5.19. The van der Waals surface area contributed by atoms with Crippen molar-refractivity contribution >= 4 is 22.9 Å². The lowest BCUT2D eigenvalue weighted by atomic mass is 9.99. The molecule has 0 saturated heterocycles. The number of quaternary nitrogens is 1. The van der Waals surface area contributed by atoms with Crippen molar-refractivity contribution in [2.75, 3.05) is 25.5 Å². The van der Waals surface area contributed by atoms with Crippen LogP contribution in [0, 0.1) is 10.1 Å². The van der Waals surface area contributed by atoms with Crippen LogP contribution in [0.1, 0.15) is 18.9 Å². The predicted octanol–water partition coefficient (Wildman–Crippen LogP) is 2.30. The SMILES string of the molecule is COc1cc([N+](=O)[O-])ccc1NC(=O)[C@@H](C)[NH+]1CC=C(c2ccccc2)CC1. The highest BCUT2D eigenvalue weighted by atomic mass is 16.6. The van der Waals surface area contributed by atoms with Gasteiger partial charge in [-0.3, -0.25) is 14.9 Å². The lowest BCUT2D eigenvalue weighted by Crippen LogP contribution is -3.17. The number of anilines is 1. The Kier molecular flexibility index (Phi) is 6.06. The van der Waals surface area contributed by atoms with Gasteiger partial charge in [0.05, 0.1) is 36.9 Å². The van der Waals surface area contributed by atoms with Gasteiger partial charge >= 0.3 is 0 Å². The van der Waals surface area contributed by atoms with Gasteiger partial charge in [-0.2, -0.15) is 0 Å². The zero-order chi connectivity index (χ0) is 20.1. The van der Waals surface area contributed by atoms with E-state index in [2.05, 4.69) is 23.5 Å². The Hall–Kier alpha value is -3.19. The van der Waals surface area contributed by atoms with E-state index in [4.69, 9.17) is 4.74 Å². The molecule has 1 aliphatic rings. The number of carbonyl (C=O) groups excluding carboxylic acids is 1. The van der Waals surface area contributed by atoms with Gasteiger partial charge in [0.2, 0.25) is 0 Å². The number of amides is 1. The fourth-order valence-electron chi connectivity index (χ4n) is 3.38. The second-order valence-corrected chi connectivity index (χ2v) is 6.81. The number of benzene rings is 2. The third-order valence-corrected chi connectivity index (χ3v) is 5.13. The van der Waals surface area contributed by atoms with E-state index in [1.807, 2.05) is 25.1 Å². The molecule has 28 heavy (non-hydrogen) atoms. The molecule has 0 bridgehead atoms. The molecule has 0 saturated carbocycles. The van der Waals surface area contributed by atoms with Gasteiger partial charge in [-0.25, -0.2) is 0 Å². The van der Waals surface area contributed by atoms with Gasteiger partial charge in [0.15, 0.2) is 6.04 Å². The summed E-state index contributed by atoms with van der Waals surface area (Å²) in [4.78, 5) is 24.3. The maximum Gasteiger partial charge on any atom is 0.282 e. The summed E-state index contributed by atoms with van der Waals surface area (Å²) in [6.45, 7) is 3.53. The lowest BCUT2D eigenvalue weighted by Gasteiger charge is -2.28. The number of nitrogens with zero attached hydrogens (tertiary/aromatic N) is 1. The third-order valence-electron chi connectivity index (χ3n) is 5.13. The van der Waals surface area contributed by atoms with Crippen molar-refractivity contribution in [3.63, 3.8) is 0 Å². The smallest absolute Gasteiger partial charge is 0.282 e. The molecule has 146 valence electrons. The number of nitro groups is 1. The standard InChI is InChI=1S/C21H23N3O4/c1-15(23-12-10-17(11-13-23)16-6-4-3-5-7-16)21(25)22-19-9-8-18(24(26)27)14-20(19)28-2/h3-10,14-15H,11-13H2,1-2H3,(H,22,25)/p+1/t15-/m1/s1. The summed E-state index contributed by atoms with van der Waals surface area (Å²) in [5, 5.41) is 13.7. The van der Waals surface area contributed by atoms with Crippen LogP contribution >= 0.6 is 0 Å². The zero-order valence-electron chi connectivity index (χ0n) is 16.0. The van der Waals surface area contributed by atoms with Crippen LogP contribution in [0.25, 0.3) is 5.57 Å². The van der Waals surface area contributed by atoms with E-state index in [9.17, 15) is 14.9 Å². The first kappa shape index (κ1) is 19.6. The van der Waals surface area contributed by atoms with Crippen LogP contribution in [-0.2, 0) is 4.79 Å². The molecule has 7 heteroatoms. The molecule has 1 unspecified atom stereocenters. The largest absolute Gasteiger partial charge is 0.494 e. The van der Waals surface area contributed by atoms with E-state index in [0.717, 1.165) is 19.5 Å². The molecule has 0 aliphatic carbocycles. The summed E-state index contributed by atoms with van der Waals surface area (Å²) >= 11 is 0. The number of nitro benzene ring substituents is 1. The van der Waals surface area contributed by atoms with Crippen LogP contribution in [0.5, 0.6) is 5.75 Å². The summed E-state index contributed by atoms with van der Waals surface area (Å²) in [5.41, 5.74) is 2.90. The summed E-state index contributed by atoms with van der Waals surface area (Å²) in [5.74, 6) is 0.133. The maximum atomic E-state index is 12.7. The minimum Gasteiger partial charge on any atom is -0.494 e. The average molecular weight is 382 g/mol. The highest BCUT2D eigenvalue weighted by Crippen LogP contribution is 2.29. The molecule has 2 aromatic rings. The Labute approximate surface area is 163 Å². The molecule has 3 rings (SSSR count). The van der Waals surface area contributed by atoms with E-state index in [0.29, 0.717) is 5.69 Å². The van der Waals surface area contributed by atoms with Crippen LogP contribution in [0.4, 0.5) is 11.4 Å². The molecule has 1 heterocycles. The van der Waals surface area contributed by atoms with Crippen molar-refractivity contribution in [2.45, 2.75) is 19.4 Å². The molecule has 0 spiro atoms. The first-order chi connectivity index (χ1) is 13.5. The Balaban J connectivity index is 1.66. The third kappa shape index (κ3) is 4.37. The number of nitrogens with one attached hydrogen (secondary N) is 2. The van der Waals surface area contributed by atoms with Gasteiger partial charge in [0.25, 0.3) is 11.6 Å². The molecule has 0 radical (unpaired) electrons. The van der Waals surface area contributed by atoms with Crippen molar-refractivity contribution in [2.24, 2.45) is 0 Å². The van der Waals surface area contributed by atoms with Crippen molar-refractivity contribution in [3.8, 4) is 5.75 Å². The Bertz CT molecular complexity index is 896. The number of hydrogen-bond acceptors (Lipinski definition) is 4. The van der Waals surface area contributed by atoms with Gasteiger partial charge in [-0.15, -0.1) is 0 Å². The number of rotatable bonds is 6. The normalized spacial score (nSPS) is 17.4. The molecule has 0 fully saturated rings. The van der Waals surface area contributed by atoms with Crippen LogP contribution in [-0.4, -0.2) is 37.1 Å². The van der Waals surface area contributed by atoms with E-state index in [1.165, 1.54) is 41.3 Å². The van der Waals surface area contributed by atoms with E-state index < -0.39 is 4.92 Å². The van der Waals surface area contributed by atoms with Crippen molar-refractivity contribution in [1.82, 2.24) is 0 Å². The Morgan fingerprint density at radius 3 is 2.61 bits per heavy atom. The number of non-ortho nitro benzene ring substituents is 1. The van der Waals surface area contributed by atoms with Crippen molar-refractivity contribution in [1.29, 1.82) is 0 Å². The average Bonchev–Trinajstić information content (AvgIpc) is 2.74. The molecule has 2 N–H and O–H groups in total. The van der Waals surface area contributed by atoms with E-state index in [1.54, 1.807) is 0 Å². The van der Waals surface area contributed by atoms with Gasteiger partial charge in [0, 0.05) is 12.5 Å². The molecular formula is C21H24N3O4+. The van der Waals surface area contributed by atoms with Crippen molar-refractivity contribution < 1.29 is 19.4 Å². The number of hydrogen-bond donors (Lipinski definition) is 2. The fraction of sp³-hybridized carbons (Fsp3) is 0.286. The number of carbonyl (C=O) groups is 1. The van der Waals surface area contributed by atoms with Gasteiger partial charge in [-0.05, 0) is 30.2 Å². The first-order valence-electron chi connectivity index (χ1n) is 9.22. The minimum atomic E-state index is -0.495. The molecule has 7 nitrogen and oxygen atoms in total. The second-order valence-electron chi connectivity index (χ2n) is 6.81. The van der Waals surface area contributed by atoms with Crippen LogP contribution in [0.3, 0.4) is 0 Å². The summed E-state index contributed by atoms with van der Waals surface area (Å²) in [6, 6.07) is 14.2. The molecular weight excluding hydrogens is 358 g/mol. The van der Waals surface area contributed by atoms with E-state index >= 15 is 0 Å². The summed E-state index contributed by atoms with van der Waals surface area (Å²) in [7, 11) is 1.42. The molecule has 1 aliphatic heterocycles. The molecule has 2 atom stereocenters. The van der Waals surface area contributed by atoms with Crippen LogP contribution in [0.2, 0.25) is 0 Å². The highest BCUT2D eigenvalue weighted by Gasteiger charge is 2.28. The summed E-state index contributed by atoms with van der Waals surface area (Å²) in [6.07, 6.45) is 3.11. The van der Waals surface area contributed by atoms with Crippen molar-refractivity contribution in [3.05, 3.63) is 70.3 Å². The monoisotopic (exact) mass is 382 g/mol. The number of methoxy groups -OCH3 is 1. The second kappa shape index (κ2) is 8.67. The zero-order valence-corrected chi connectivity index (χ0v) is 16.0. The van der Waals surface area contributed by atoms with E-state index in [-0.39, 0.29) is 23.4 Å². The predicted molar refractivity (Wildman–Crippen MR) is 107 cm³/mol. The van der Waals surface area contributed by atoms with Crippen LogP contribution in [0.15, 0.2) is 54.6 Å². The Morgan fingerprint density at radius 2 is 2.00 bits per heavy atom. The van der Waals surface area contributed by atoms with Gasteiger partial charge < -0.3 is 15.0 Å². The Morgan fingerprint density at radius 1 is 1.25 bits per heavy atom. The van der Waals surface area contributed by atoms with Gasteiger partial charge in [0.1, 0.15) is 5.75 Å². The van der Waals surface area contributed by atoms with Crippen LogP contribution < -0.4 is 15.0 Å². The fourth-order valence-corrected chi connectivity index (χ4v) is 3.38. The molecule has 0 aromatic heterocycles. The maximum absolute atomic E-state index is 12.7. The topological polar surface area (TPSA) is 85.9 Å². The quantitative estimate of drug-likeness (QED) is 0.593. The van der Waals surface area contributed by atoms with Gasteiger partial charge in [-0.1, -0.05) is 30.3 Å². The minimum absolute atomic E-state index is 0.0804. The highest BCUT2D eigenvalue weighted by molar-refractivity contribution is 5.95.